The van der Waals surface area contributed by atoms with Gasteiger partial charge in [0.1, 0.15) is 11.3 Å². The highest BCUT2D eigenvalue weighted by atomic mass is 79.9. The average Bonchev–Trinajstić information content (AvgIpc) is 3.36. The number of carbonyl (C=O) groups is 1. The van der Waals surface area contributed by atoms with Crippen LogP contribution >= 0.6 is 50.5 Å². The number of hydrogen-bond donors (Lipinski definition) is 3. The molecule has 0 aliphatic heterocycles. The van der Waals surface area contributed by atoms with Crippen LogP contribution in [0.1, 0.15) is 21.6 Å². The van der Waals surface area contributed by atoms with E-state index in [2.05, 4.69) is 46.7 Å². The first-order valence-electron chi connectivity index (χ1n) is 8.85. The fraction of sp³-hybridized carbons (Fsp3) is 0.158. The van der Waals surface area contributed by atoms with Crippen LogP contribution in [0.15, 0.2) is 22.2 Å². The number of amides is 1. The predicted molar refractivity (Wildman–Crippen MR) is 127 cm³/mol. The molecule has 0 unspecified atom stereocenters. The second-order valence-corrected chi connectivity index (χ2v) is 8.97. The summed E-state index contributed by atoms with van der Waals surface area (Å²) in [5.74, 6) is 1.15. The van der Waals surface area contributed by atoms with Crippen molar-refractivity contribution in [2.24, 2.45) is 0 Å². The zero-order valence-electron chi connectivity index (χ0n) is 16.4. The number of nitrogens with zero attached hydrogens (tertiary/aromatic N) is 3. The molecule has 4 rings (SSSR count). The number of aromatic amines is 1. The molecule has 3 N–H and O–H groups in total. The van der Waals surface area contributed by atoms with Crippen molar-refractivity contribution in [2.45, 2.75) is 13.8 Å². The monoisotopic (exact) mass is 540 g/mol. The maximum absolute atomic E-state index is 13.1. The number of halogens is 3. The second kappa shape index (κ2) is 8.62. The van der Waals surface area contributed by atoms with Crippen molar-refractivity contribution >= 4 is 83.9 Å². The molecular formula is C19H15BrCl2N6O2S. The number of methoxy groups -OCH3 is 1. The number of carbonyl (C=O) groups excluding carboxylic acids is 1. The summed E-state index contributed by atoms with van der Waals surface area (Å²) in [6.07, 6.45) is 1.39. The van der Waals surface area contributed by atoms with Crippen LogP contribution in [-0.4, -0.2) is 33.2 Å². The highest BCUT2D eigenvalue weighted by Gasteiger charge is 2.23. The van der Waals surface area contributed by atoms with Crippen LogP contribution in [0.25, 0.3) is 10.2 Å². The van der Waals surface area contributed by atoms with Gasteiger partial charge in [-0.1, -0.05) is 23.2 Å². The van der Waals surface area contributed by atoms with Gasteiger partial charge in [0, 0.05) is 17.1 Å². The first-order valence-corrected chi connectivity index (χ1v) is 11.3. The van der Waals surface area contributed by atoms with Crippen LogP contribution in [0.2, 0.25) is 10.0 Å². The van der Waals surface area contributed by atoms with Crippen molar-refractivity contribution in [3.63, 3.8) is 0 Å². The van der Waals surface area contributed by atoms with Crippen molar-refractivity contribution in [2.75, 3.05) is 17.7 Å². The van der Waals surface area contributed by atoms with Gasteiger partial charge in [-0.25, -0.2) is 9.97 Å². The highest BCUT2D eigenvalue weighted by molar-refractivity contribution is 9.10. The second-order valence-electron chi connectivity index (χ2n) is 6.54. The molecule has 3 aromatic heterocycles. The van der Waals surface area contributed by atoms with Crippen molar-refractivity contribution in [1.29, 1.82) is 0 Å². The van der Waals surface area contributed by atoms with E-state index in [1.807, 2.05) is 13.0 Å². The number of nitrogens with one attached hydrogen (secondary N) is 3. The fourth-order valence-electron chi connectivity index (χ4n) is 2.93. The van der Waals surface area contributed by atoms with E-state index in [1.165, 1.54) is 24.8 Å². The normalized spacial score (nSPS) is 11.0. The van der Waals surface area contributed by atoms with Crippen molar-refractivity contribution in [3.8, 4) is 5.75 Å². The predicted octanol–water partition coefficient (Wildman–Crippen LogP) is 6.11. The van der Waals surface area contributed by atoms with Gasteiger partial charge >= 0.3 is 0 Å². The molecule has 0 bridgehead atoms. The number of benzene rings is 1. The zero-order valence-corrected chi connectivity index (χ0v) is 20.3. The molecule has 1 aromatic carbocycles. The Kier molecular flexibility index (Phi) is 6.07. The molecule has 31 heavy (non-hydrogen) atoms. The molecule has 160 valence electrons. The van der Waals surface area contributed by atoms with Crippen LogP contribution in [0.3, 0.4) is 0 Å². The quantitative estimate of drug-likeness (QED) is 0.282. The number of rotatable bonds is 5. The van der Waals surface area contributed by atoms with Crippen LogP contribution in [-0.2, 0) is 0 Å². The fourth-order valence-corrected chi connectivity index (χ4v) is 5.26. The molecule has 0 fully saturated rings. The van der Waals surface area contributed by atoms with Crippen LogP contribution in [0.5, 0.6) is 5.75 Å². The molecule has 0 saturated carbocycles. The van der Waals surface area contributed by atoms with Gasteiger partial charge in [0.15, 0.2) is 17.4 Å². The molecule has 4 aromatic rings. The number of aromatic nitrogens is 4. The van der Waals surface area contributed by atoms with Crippen LogP contribution in [0.4, 0.5) is 17.3 Å². The minimum Gasteiger partial charge on any atom is -0.494 e. The summed E-state index contributed by atoms with van der Waals surface area (Å²) >= 11 is 17.6. The Hall–Kier alpha value is -2.40. The zero-order chi connectivity index (χ0) is 22.3. The van der Waals surface area contributed by atoms with E-state index in [0.29, 0.717) is 43.5 Å². The van der Waals surface area contributed by atoms with Gasteiger partial charge < -0.3 is 15.4 Å². The first kappa shape index (κ1) is 21.8. The Morgan fingerprint density at radius 2 is 2.03 bits per heavy atom. The Morgan fingerprint density at radius 3 is 2.71 bits per heavy atom. The van der Waals surface area contributed by atoms with Crippen molar-refractivity contribution in [1.82, 2.24) is 20.2 Å². The topological polar surface area (TPSA) is 105 Å². The molecule has 0 aliphatic rings. The molecule has 0 atom stereocenters. The van der Waals surface area contributed by atoms with Crippen LogP contribution < -0.4 is 15.4 Å². The van der Waals surface area contributed by atoms with E-state index in [0.717, 1.165) is 10.4 Å². The molecule has 0 saturated heterocycles. The third-order valence-corrected chi connectivity index (χ3v) is 7.25. The van der Waals surface area contributed by atoms with Gasteiger partial charge in [-0.3, -0.25) is 9.89 Å². The van der Waals surface area contributed by atoms with E-state index in [4.69, 9.17) is 27.9 Å². The Labute approximate surface area is 199 Å². The minimum absolute atomic E-state index is 0.198. The summed E-state index contributed by atoms with van der Waals surface area (Å²) in [5, 5.41) is 15.2. The lowest BCUT2D eigenvalue weighted by atomic mass is 10.2. The van der Waals surface area contributed by atoms with Gasteiger partial charge in [0.05, 0.1) is 38.1 Å². The van der Waals surface area contributed by atoms with E-state index in [-0.39, 0.29) is 10.7 Å². The van der Waals surface area contributed by atoms with Crippen molar-refractivity contribution in [3.05, 3.63) is 49.1 Å². The van der Waals surface area contributed by atoms with Gasteiger partial charge in [-0.05, 0) is 35.3 Å². The standard InChI is InChI=1S/C19H15BrCl2N6O2S/c1-7-4-10(28-27-7)25-18-17-14(23-6-24-18)9(5-31-17)19(29)26-15-12(21)8(2)11(20)16(30-3)13(15)22/h4-6H,1-3H3,(H,26,29)(H2,23,24,25,27,28). The first-order chi connectivity index (χ1) is 14.8. The summed E-state index contributed by atoms with van der Waals surface area (Å²) in [4.78, 5) is 21.7. The lowest BCUT2D eigenvalue weighted by molar-refractivity contribution is 0.102. The molecule has 12 heteroatoms. The van der Waals surface area contributed by atoms with E-state index in [1.54, 1.807) is 12.3 Å². The maximum Gasteiger partial charge on any atom is 0.258 e. The van der Waals surface area contributed by atoms with Gasteiger partial charge in [-0.15, -0.1) is 11.3 Å². The smallest absolute Gasteiger partial charge is 0.258 e. The molecule has 0 spiro atoms. The molecule has 3 heterocycles. The third kappa shape index (κ3) is 3.96. The number of H-pyrrole nitrogens is 1. The maximum atomic E-state index is 13.1. The summed E-state index contributed by atoms with van der Waals surface area (Å²) in [6.45, 7) is 3.69. The van der Waals surface area contributed by atoms with E-state index < -0.39 is 5.91 Å². The Morgan fingerprint density at radius 1 is 1.26 bits per heavy atom. The van der Waals surface area contributed by atoms with Crippen molar-refractivity contribution < 1.29 is 9.53 Å². The molecule has 0 radical (unpaired) electrons. The van der Waals surface area contributed by atoms with Crippen LogP contribution in [0, 0.1) is 13.8 Å². The number of ether oxygens (including phenoxy) is 1. The van der Waals surface area contributed by atoms with E-state index >= 15 is 0 Å². The SMILES string of the molecule is COc1c(Cl)c(NC(=O)c2csc3c(Nc4cc(C)[nH]n4)ncnc23)c(Cl)c(C)c1Br. The molecular weight excluding hydrogens is 527 g/mol. The average molecular weight is 542 g/mol. The molecule has 8 nitrogen and oxygen atoms in total. The lowest BCUT2D eigenvalue weighted by Crippen LogP contribution is -2.13. The number of aryl methyl sites for hydroxylation is 1. The summed E-state index contributed by atoms with van der Waals surface area (Å²) in [5.41, 5.74) is 2.74. The largest absolute Gasteiger partial charge is 0.494 e. The Balaban J connectivity index is 1.70. The summed E-state index contributed by atoms with van der Waals surface area (Å²) in [6, 6.07) is 1.85. The van der Waals surface area contributed by atoms with Gasteiger partial charge in [0.25, 0.3) is 5.91 Å². The number of anilines is 3. The summed E-state index contributed by atoms with van der Waals surface area (Å²) < 4.78 is 6.69. The third-order valence-electron chi connectivity index (χ3n) is 4.49. The number of thiophene rings is 1. The Bertz CT molecular complexity index is 1320. The van der Waals surface area contributed by atoms with Gasteiger partial charge in [0.2, 0.25) is 0 Å². The minimum atomic E-state index is -0.404. The summed E-state index contributed by atoms with van der Waals surface area (Å²) in [7, 11) is 1.49. The number of fused-ring (bicyclic) bond motifs is 1. The van der Waals surface area contributed by atoms with Gasteiger partial charge in [-0.2, -0.15) is 5.10 Å². The molecule has 0 aliphatic carbocycles. The number of hydrogen-bond acceptors (Lipinski definition) is 7. The van der Waals surface area contributed by atoms with E-state index in [9.17, 15) is 4.79 Å². The lowest BCUT2D eigenvalue weighted by Gasteiger charge is -2.16. The highest BCUT2D eigenvalue weighted by Crippen LogP contribution is 2.46. The molecule has 1 amide bonds.